The summed E-state index contributed by atoms with van der Waals surface area (Å²) in [6.45, 7) is 10.9. The molecule has 0 spiro atoms. The maximum absolute atomic E-state index is 12.7. The highest BCUT2D eigenvalue weighted by atomic mass is 16.5. The van der Waals surface area contributed by atoms with Gasteiger partial charge in [0.1, 0.15) is 65.6 Å². The van der Waals surface area contributed by atoms with E-state index in [-0.39, 0.29) is 79.4 Å². The molecule has 0 aliphatic heterocycles. The summed E-state index contributed by atoms with van der Waals surface area (Å²) in [6, 6.07) is 28.4. The van der Waals surface area contributed by atoms with E-state index in [1.165, 1.54) is 66.3 Å². The molecule has 540 valence electrons. The van der Waals surface area contributed by atoms with E-state index in [2.05, 4.69) is 31.2 Å². The van der Waals surface area contributed by atoms with Crippen LogP contribution in [0, 0.1) is 0 Å². The molecule has 100 heavy (non-hydrogen) atoms. The molecule has 30 nitrogen and oxygen atoms in total. The average Bonchev–Trinajstić information content (AvgIpc) is 1.27. The van der Waals surface area contributed by atoms with Gasteiger partial charge in [-0.25, -0.2) is 48.1 Å². The number of carboxylic acid groups (broad SMARTS) is 2. The molecule has 13 N–H and O–H groups in total. The molecule has 0 saturated carbocycles. The molecule has 0 aliphatic rings. The number of esters is 4. The Hall–Kier alpha value is -11.8. The number of urea groups is 1. The summed E-state index contributed by atoms with van der Waals surface area (Å²) in [4.78, 5) is 117. The number of benzene rings is 5. The third-order valence-corrected chi connectivity index (χ3v) is 13.2. The molecule has 0 fully saturated rings. The summed E-state index contributed by atoms with van der Waals surface area (Å²) in [6.07, 6.45) is 12.5. The van der Waals surface area contributed by atoms with Gasteiger partial charge < -0.3 is 81.7 Å². The number of ether oxygens (including phenoxy) is 4. The van der Waals surface area contributed by atoms with Crippen LogP contribution in [-0.4, -0.2) is 166 Å². The molecule has 0 aliphatic carbocycles. The van der Waals surface area contributed by atoms with Crippen LogP contribution >= 0.6 is 0 Å². The van der Waals surface area contributed by atoms with Crippen LogP contribution < -0.4 is 27.0 Å². The first-order valence-corrected chi connectivity index (χ1v) is 31.8. The molecule has 2 aromatic heterocycles. The normalized spacial score (nSPS) is 11.5. The topological polar surface area (TPSA) is 459 Å². The summed E-state index contributed by atoms with van der Waals surface area (Å²) in [7, 11) is 0. The van der Waals surface area contributed by atoms with E-state index >= 15 is 0 Å². The third-order valence-electron chi connectivity index (χ3n) is 13.2. The van der Waals surface area contributed by atoms with Crippen LogP contribution in [0.5, 0.6) is 28.7 Å². The van der Waals surface area contributed by atoms with Crippen LogP contribution in [0.15, 0.2) is 159 Å². The number of phenolic OH excluding ortho intramolecular Hbond substituents is 5. The molecule has 0 bridgehead atoms. The molecular formula is C70H89N9O21. The molecular weight excluding hydrogens is 1300 g/mol. The van der Waals surface area contributed by atoms with Crippen molar-refractivity contribution < 1.29 is 103 Å². The second kappa shape index (κ2) is 48.8. The number of imidazole rings is 2. The lowest BCUT2D eigenvalue weighted by atomic mass is 10.0. The SMILES string of the molecule is CCCOC(=O)C(Cc1ccc(O)cc1)NC(=O)NC(CCC)Cc1ccc(O)cc1.CCCOC(=O)C(Cc1ccc(O)cc1)NC(=O)O.CCCOC(=O)C(Cc1ccc(O)cc1)NC(=O)n1ccnc1.CCCOC(=O)C(N)Cc1ccc(O)cc1.O=C(O)n1ccnc1.O=C=O. The van der Waals surface area contributed by atoms with Gasteiger partial charge in [0.05, 0.1) is 26.4 Å². The van der Waals surface area contributed by atoms with Gasteiger partial charge in [0, 0.05) is 50.1 Å². The predicted octanol–water partition coefficient (Wildman–Crippen LogP) is 7.95. The Balaban J connectivity index is 0.000000440. The Labute approximate surface area is 578 Å². The lowest BCUT2D eigenvalue weighted by Crippen LogP contribution is -2.50. The number of aromatic hydroxyl groups is 5. The minimum Gasteiger partial charge on any atom is -0.508 e. The highest BCUT2D eigenvalue weighted by molar-refractivity contribution is 5.85. The van der Waals surface area contributed by atoms with Crippen LogP contribution in [0.3, 0.4) is 0 Å². The quantitative estimate of drug-likeness (QED) is 0.0163. The highest BCUT2D eigenvalue weighted by Crippen LogP contribution is 2.17. The van der Waals surface area contributed by atoms with Gasteiger partial charge in [-0.15, -0.1) is 0 Å². The smallest absolute Gasteiger partial charge is 0.416 e. The number of carbonyl (C=O) groups excluding carboxylic acids is 8. The van der Waals surface area contributed by atoms with Gasteiger partial charge in [-0.3, -0.25) is 9.36 Å². The van der Waals surface area contributed by atoms with Gasteiger partial charge in [-0.05, 0) is 133 Å². The predicted molar refractivity (Wildman–Crippen MR) is 362 cm³/mol. The molecule has 7 aromatic rings. The summed E-state index contributed by atoms with van der Waals surface area (Å²) < 4.78 is 22.5. The number of carbonyl (C=O) groups is 8. The first kappa shape index (κ1) is 84.3. The minimum atomic E-state index is -1.28. The maximum Gasteiger partial charge on any atom is 0.416 e. The maximum atomic E-state index is 12.7. The van der Waals surface area contributed by atoms with Crippen LogP contribution in [0.2, 0.25) is 0 Å². The van der Waals surface area contributed by atoms with Gasteiger partial charge in [-0.2, -0.15) is 9.59 Å². The van der Waals surface area contributed by atoms with Crippen molar-refractivity contribution in [3.8, 4) is 28.7 Å². The van der Waals surface area contributed by atoms with E-state index in [1.807, 2.05) is 46.8 Å². The number of rotatable bonds is 28. The minimum absolute atomic E-state index is 0.111. The Bertz CT molecular complexity index is 3520. The largest absolute Gasteiger partial charge is 0.508 e. The second-order valence-corrected chi connectivity index (χ2v) is 21.6. The highest BCUT2D eigenvalue weighted by Gasteiger charge is 2.26. The lowest BCUT2D eigenvalue weighted by molar-refractivity contribution is -0.192. The van der Waals surface area contributed by atoms with Crippen LogP contribution in [0.4, 0.5) is 19.2 Å². The number of nitrogens with zero attached hydrogens (tertiary/aromatic N) is 4. The molecule has 4 amide bonds. The van der Waals surface area contributed by atoms with Gasteiger partial charge in [0.15, 0.2) is 0 Å². The molecule has 0 saturated heterocycles. The lowest BCUT2D eigenvalue weighted by Gasteiger charge is -2.22. The first-order valence-electron chi connectivity index (χ1n) is 31.8. The molecule has 0 radical (unpaired) electrons. The van der Waals surface area contributed by atoms with Crippen molar-refractivity contribution in [2.45, 2.75) is 135 Å². The van der Waals surface area contributed by atoms with E-state index in [0.717, 1.165) is 51.6 Å². The van der Waals surface area contributed by atoms with Crippen molar-refractivity contribution in [2.75, 3.05) is 26.4 Å². The van der Waals surface area contributed by atoms with E-state index < -0.39 is 66.3 Å². The standard InChI is InChI=1S/C24H32N2O5.C16H19N3O4.C13H17NO5.C12H17NO3.C4H4N2O2.CO2/c1-3-5-19(15-17-6-10-20(27)11-7-17)25-24(30)26-22(23(29)31-14-4-2)16-18-8-12-21(28)13-9-18;1-2-9-23-15(21)14(10-12-3-5-13(20)6-4-12)18-16(22)19-8-7-17-11-19;1-2-7-19-12(16)11(14-13(17)18)8-9-3-5-10(15)6-4-9;1-2-7-16-12(15)11(13)8-9-3-5-10(14)6-4-9;7-4(8)6-2-1-5-3-6;2-1-3/h6-13,19,22,27-28H,3-5,14-16H2,1-2H3,(H2,25,26,30);3-8,11,14,20H,2,9-10H2,1H3,(H,18,22);3-6,11,14-15H,2,7-8H2,1H3,(H,17,18);3-6,11,14H,2,7-8,13H2,1H3;1-3H,(H,7,8);. The fourth-order valence-electron chi connectivity index (χ4n) is 8.37. The summed E-state index contributed by atoms with van der Waals surface area (Å²) in [5.41, 5.74) is 9.91. The first-order chi connectivity index (χ1) is 47.9. The Kier molecular flexibility index (Phi) is 41.2. The summed E-state index contributed by atoms with van der Waals surface area (Å²) >= 11 is 0. The van der Waals surface area contributed by atoms with Gasteiger partial charge in [0.25, 0.3) is 0 Å². The number of amides is 4. The van der Waals surface area contributed by atoms with Gasteiger partial charge in [-0.1, -0.05) is 102 Å². The van der Waals surface area contributed by atoms with Crippen molar-refractivity contribution in [3.63, 3.8) is 0 Å². The van der Waals surface area contributed by atoms with Crippen molar-refractivity contribution in [2.24, 2.45) is 5.73 Å². The Morgan fingerprint density at radius 3 is 1.04 bits per heavy atom. The number of hydrogen-bond acceptors (Lipinski definition) is 22. The van der Waals surface area contributed by atoms with E-state index in [0.29, 0.717) is 45.3 Å². The number of nitrogens with one attached hydrogen (secondary N) is 4. The summed E-state index contributed by atoms with van der Waals surface area (Å²) in [5.74, 6) is -1.18. The van der Waals surface area contributed by atoms with Gasteiger partial charge >= 0.3 is 54.3 Å². The fourth-order valence-corrected chi connectivity index (χ4v) is 8.37. The van der Waals surface area contributed by atoms with E-state index in [4.69, 9.17) is 54.7 Å². The number of aromatic nitrogens is 4. The molecule has 2 heterocycles. The molecule has 30 heteroatoms. The third kappa shape index (κ3) is 36.4. The zero-order valence-corrected chi connectivity index (χ0v) is 56.2. The van der Waals surface area contributed by atoms with Crippen LogP contribution in [0.25, 0.3) is 0 Å². The Morgan fingerprint density at radius 2 is 0.740 bits per heavy atom. The van der Waals surface area contributed by atoms with Crippen LogP contribution in [0.1, 0.15) is 101 Å². The molecule has 5 atom stereocenters. The average molecular weight is 1390 g/mol. The number of phenols is 5. The van der Waals surface area contributed by atoms with Crippen molar-refractivity contribution in [1.82, 2.24) is 40.4 Å². The van der Waals surface area contributed by atoms with Crippen molar-refractivity contribution >= 4 is 54.3 Å². The second-order valence-electron chi connectivity index (χ2n) is 21.6. The van der Waals surface area contributed by atoms with Crippen LogP contribution in [-0.2, 0) is 79.8 Å². The van der Waals surface area contributed by atoms with E-state index in [1.54, 1.807) is 84.9 Å². The number of hydrogen-bond donors (Lipinski definition) is 12. The monoisotopic (exact) mass is 1390 g/mol. The molecule has 5 aromatic carbocycles. The molecule has 5 unspecified atom stereocenters. The Morgan fingerprint density at radius 1 is 0.430 bits per heavy atom. The zero-order valence-electron chi connectivity index (χ0n) is 56.2. The van der Waals surface area contributed by atoms with Crippen molar-refractivity contribution in [3.05, 3.63) is 187 Å². The number of nitrogens with two attached hydrogens (primary N) is 1. The zero-order chi connectivity index (χ0) is 74.2. The van der Waals surface area contributed by atoms with Crippen molar-refractivity contribution in [1.29, 1.82) is 0 Å². The summed E-state index contributed by atoms with van der Waals surface area (Å²) in [5, 5.41) is 73.9. The molecule has 7 rings (SSSR count). The van der Waals surface area contributed by atoms with E-state index in [9.17, 15) is 53.7 Å². The van der Waals surface area contributed by atoms with Gasteiger partial charge in [0.2, 0.25) is 0 Å². The fraction of sp³-hybridized carbons (Fsp3) is 0.357.